The van der Waals surface area contributed by atoms with Crippen LogP contribution in [0.5, 0.6) is 11.5 Å². The molecule has 1 aliphatic heterocycles. The van der Waals surface area contributed by atoms with E-state index in [2.05, 4.69) is 4.72 Å². The highest BCUT2D eigenvalue weighted by atomic mass is 32.2. The molecular weight excluding hydrogens is 322 g/mol. The second kappa shape index (κ2) is 5.88. The summed E-state index contributed by atoms with van der Waals surface area (Å²) in [4.78, 5) is 0.0389. The van der Waals surface area contributed by atoms with E-state index in [4.69, 9.17) is 13.9 Å². The number of aliphatic hydroxyl groups is 1. The van der Waals surface area contributed by atoms with Gasteiger partial charge in [0.25, 0.3) is 0 Å². The fourth-order valence-corrected chi connectivity index (χ4v) is 3.33. The summed E-state index contributed by atoms with van der Waals surface area (Å²) in [7, 11) is -3.81. The van der Waals surface area contributed by atoms with Gasteiger partial charge in [-0.25, -0.2) is 13.1 Å². The lowest BCUT2D eigenvalue weighted by Gasteiger charge is -2.22. The second-order valence-electron chi connectivity index (χ2n) is 5.38. The van der Waals surface area contributed by atoms with Crippen molar-refractivity contribution >= 4 is 10.0 Å². The molecule has 1 atom stereocenters. The zero-order chi connectivity index (χ0) is 16.5. The average Bonchev–Trinajstić information content (AvgIpc) is 3.08. The molecule has 0 bridgehead atoms. The summed E-state index contributed by atoms with van der Waals surface area (Å²) in [5, 5.41) is 10.3. The summed E-state index contributed by atoms with van der Waals surface area (Å²) in [5.74, 6) is 1.18. The number of benzene rings is 1. The first kappa shape index (κ1) is 15.9. The SMILES string of the molecule is CC(O)(CNS(=O)(=O)c1ccc2c(c1)OCCO2)c1ccco1. The lowest BCUT2D eigenvalue weighted by molar-refractivity contribution is 0.0395. The molecule has 1 aromatic heterocycles. The van der Waals surface area contributed by atoms with E-state index in [1.165, 1.54) is 25.3 Å². The predicted octanol–water partition coefficient (Wildman–Crippen LogP) is 1.24. The second-order valence-corrected chi connectivity index (χ2v) is 7.15. The summed E-state index contributed by atoms with van der Waals surface area (Å²) < 4.78 is 43.0. The standard InChI is InChI=1S/C15H17NO6S/c1-15(17,14-3-2-6-22-14)10-16-23(18,19)11-4-5-12-13(9-11)21-8-7-20-12/h2-6,9,16-17H,7-8,10H2,1H3. The third kappa shape index (κ3) is 3.34. The molecule has 0 radical (unpaired) electrons. The van der Waals surface area contributed by atoms with Crippen molar-refractivity contribution in [1.29, 1.82) is 0 Å². The maximum absolute atomic E-state index is 12.4. The molecule has 1 unspecified atom stereocenters. The zero-order valence-electron chi connectivity index (χ0n) is 12.5. The summed E-state index contributed by atoms with van der Waals surface area (Å²) in [5.41, 5.74) is -1.45. The maximum atomic E-state index is 12.4. The number of fused-ring (bicyclic) bond motifs is 1. The molecule has 0 aliphatic carbocycles. The molecule has 0 spiro atoms. The van der Waals surface area contributed by atoms with Gasteiger partial charge < -0.3 is 19.0 Å². The van der Waals surface area contributed by atoms with Crippen molar-refractivity contribution in [1.82, 2.24) is 4.72 Å². The molecule has 0 fully saturated rings. The van der Waals surface area contributed by atoms with Gasteiger partial charge in [0.05, 0.1) is 11.2 Å². The highest BCUT2D eigenvalue weighted by Gasteiger charge is 2.29. The lowest BCUT2D eigenvalue weighted by Crippen LogP contribution is -2.38. The molecular formula is C15H17NO6S. The van der Waals surface area contributed by atoms with Crippen LogP contribution < -0.4 is 14.2 Å². The van der Waals surface area contributed by atoms with Gasteiger partial charge in [-0.05, 0) is 31.2 Å². The van der Waals surface area contributed by atoms with Gasteiger partial charge in [-0.1, -0.05) is 0 Å². The number of ether oxygens (including phenoxy) is 2. The normalized spacial score (nSPS) is 16.8. The quantitative estimate of drug-likeness (QED) is 0.850. The van der Waals surface area contributed by atoms with Crippen LogP contribution in [0.2, 0.25) is 0 Å². The fourth-order valence-electron chi connectivity index (χ4n) is 2.18. The largest absolute Gasteiger partial charge is 0.486 e. The molecule has 1 aromatic carbocycles. The summed E-state index contributed by atoms with van der Waals surface area (Å²) >= 11 is 0. The first-order valence-electron chi connectivity index (χ1n) is 7.04. The predicted molar refractivity (Wildman–Crippen MR) is 80.9 cm³/mol. The number of sulfonamides is 1. The molecule has 0 saturated heterocycles. The Bertz CT molecular complexity index is 782. The number of furan rings is 1. The molecule has 124 valence electrons. The molecule has 2 aromatic rings. The first-order chi connectivity index (χ1) is 10.9. The van der Waals surface area contributed by atoms with E-state index in [1.54, 1.807) is 18.2 Å². The van der Waals surface area contributed by atoms with Gasteiger partial charge in [0.1, 0.15) is 24.6 Å². The smallest absolute Gasteiger partial charge is 0.240 e. The molecule has 23 heavy (non-hydrogen) atoms. The van der Waals surface area contributed by atoms with Crippen LogP contribution in [0, 0.1) is 0 Å². The monoisotopic (exact) mass is 339 g/mol. The van der Waals surface area contributed by atoms with E-state index >= 15 is 0 Å². The Kier molecular flexibility index (Phi) is 4.05. The van der Waals surface area contributed by atoms with Gasteiger partial charge >= 0.3 is 0 Å². The van der Waals surface area contributed by atoms with Crippen molar-refractivity contribution in [2.45, 2.75) is 17.4 Å². The summed E-state index contributed by atoms with van der Waals surface area (Å²) in [6, 6.07) is 7.58. The number of hydrogen-bond donors (Lipinski definition) is 2. The Morgan fingerprint density at radius 3 is 2.65 bits per heavy atom. The van der Waals surface area contributed by atoms with Crippen LogP contribution in [-0.2, 0) is 15.6 Å². The van der Waals surface area contributed by atoms with Crippen LogP contribution in [-0.4, -0.2) is 33.3 Å². The van der Waals surface area contributed by atoms with Crippen LogP contribution in [0.1, 0.15) is 12.7 Å². The van der Waals surface area contributed by atoms with Crippen molar-refractivity contribution in [2.75, 3.05) is 19.8 Å². The van der Waals surface area contributed by atoms with Crippen LogP contribution in [0.4, 0.5) is 0 Å². The van der Waals surface area contributed by atoms with E-state index in [1.807, 2.05) is 0 Å². The van der Waals surface area contributed by atoms with Crippen molar-refractivity contribution in [3.63, 3.8) is 0 Å². The number of rotatable bonds is 5. The Morgan fingerprint density at radius 2 is 1.96 bits per heavy atom. The first-order valence-corrected chi connectivity index (χ1v) is 8.52. The lowest BCUT2D eigenvalue weighted by atomic mass is 10.1. The Hall–Kier alpha value is -2.03. The van der Waals surface area contributed by atoms with E-state index in [0.29, 0.717) is 24.7 Å². The third-order valence-electron chi connectivity index (χ3n) is 3.48. The minimum absolute atomic E-state index is 0.0389. The third-order valence-corrected chi connectivity index (χ3v) is 4.88. The van der Waals surface area contributed by atoms with Crippen LogP contribution in [0.15, 0.2) is 45.9 Å². The maximum Gasteiger partial charge on any atom is 0.240 e. The minimum Gasteiger partial charge on any atom is -0.486 e. The molecule has 7 nitrogen and oxygen atoms in total. The Labute approximate surface area is 133 Å². The molecule has 8 heteroatoms. The van der Waals surface area contributed by atoms with Gasteiger partial charge in [0, 0.05) is 12.6 Å². The molecule has 2 N–H and O–H groups in total. The zero-order valence-corrected chi connectivity index (χ0v) is 13.3. The van der Waals surface area contributed by atoms with Crippen LogP contribution in [0.25, 0.3) is 0 Å². The topological polar surface area (TPSA) is 98.0 Å². The fraction of sp³-hybridized carbons (Fsp3) is 0.333. The molecule has 2 heterocycles. The van der Waals surface area contributed by atoms with Gasteiger partial charge in [-0.2, -0.15) is 0 Å². The number of hydrogen-bond acceptors (Lipinski definition) is 6. The van der Waals surface area contributed by atoms with Crippen molar-refractivity contribution in [3.05, 3.63) is 42.4 Å². The summed E-state index contributed by atoms with van der Waals surface area (Å²) in [6.07, 6.45) is 1.42. The molecule has 3 rings (SSSR count). The van der Waals surface area contributed by atoms with E-state index < -0.39 is 15.6 Å². The van der Waals surface area contributed by atoms with Crippen molar-refractivity contribution in [2.24, 2.45) is 0 Å². The van der Waals surface area contributed by atoms with Crippen molar-refractivity contribution in [3.8, 4) is 11.5 Å². The van der Waals surface area contributed by atoms with Crippen LogP contribution in [0.3, 0.4) is 0 Å². The molecule has 0 saturated carbocycles. The van der Waals surface area contributed by atoms with E-state index in [0.717, 1.165) is 0 Å². The molecule has 1 aliphatic rings. The van der Waals surface area contributed by atoms with E-state index in [9.17, 15) is 13.5 Å². The van der Waals surface area contributed by atoms with Crippen molar-refractivity contribution < 1.29 is 27.4 Å². The Balaban J connectivity index is 1.77. The van der Waals surface area contributed by atoms with Gasteiger partial charge in [0.2, 0.25) is 10.0 Å². The Morgan fingerprint density at radius 1 is 1.22 bits per heavy atom. The summed E-state index contributed by atoms with van der Waals surface area (Å²) in [6.45, 7) is 2.05. The van der Waals surface area contributed by atoms with Crippen LogP contribution >= 0.6 is 0 Å². The van der Waals surface area contributed by atoms with E-state index in [-0.39, 0.29) is 17.2 Å². The highest BCUT2D eigenvalue weighted by Crippen LogP contribution is 2.32. The van der Waals surface area contributed by atoms with Gasteiger partial charge in [-0.15, -0.1) is 0 Å². The van der Waals surface area contributed by atoms with Gasteiger partial charge in [-0.3, -0.25) is 0 Å². The van der Waals surface area contributed by atoms with Gasteiger partial charge in [0.15, 0.2) is 11.5 Å². The number of nitrogens with one attached hydrogen (secondary N) is 1. The average molecular weight is 339 g/mol. The minimum atomic E-state index is -3.81. The highest BCUT2D eigenvalue weighted by molar-refractivity contribution is 7.89. The molecule has 0 amide bonds.